The van der Waals surface area contributed by atoms with Crippen LogP contribution in [0.3, 0.4) is 0 Å². The molecule has 0 fully saturated rings. The number of hydrogen-bond acceptors (Lipinski definition) is 1. The van der Waals surface area contributed by atoms with Gasteiger partial charge in [-0.2, -0.15) is 5.10 Å². The van der Waals surface area contributed by atoms with E-state index in [1.807, 2.05) is 0 Å². The average molecular weight is 226 g/mol. The molecule has 0 spiro atoms. The quantitative estimate of drug-likeness (QED) is 0.732. The van der Waals surface area contributed by atoms with Crippen molar-refractivity contribution < 1.29 is 0 Å². The van der Waals surface area contributed by atoms with Crippen LogP contribution in [0.25, 0.3) is 11.3 Å². The molecular weight excluding hydrogens is 208 g/mol. The van der Waals surface area contributed by atoms with E-state index in [0.29, 0.717) is 0 Å². The van der Waals surface area contributed by atoms with Crippen molar-refractivity contribution in [3.05, 3.63) is 41.1 Å². The molecule has 1 aliphatic carbocycles. The highest BCUT2D eigenvalue weighted by Crippen LogP contribution is 2.36. The van der Waals surface area contributed by atoms with Crippen molar-refractivity contribution in [2.24, 2.45) is 0 Å². The van der Waals surface area contributed by atoms with E-state index in [9.17, 15) is 0 Å². The van der Waals surface area contributed by atoms with Crippen LogP contribution in [0.1, 0.15) is 37.6 Å². The molecule has 1 heterocycles. The molecule has 0 saturated carbocycles. The molecule has 0 bridgehead atoms. The maximum Gasteiger partial charge on any atom is 0.0714 e. The predicted molar refractivity (Wildman–Crippen MR) is 70.1 cm³/mol. The number of aryl methyl sites for hydroxylation is 1. The normalized spacial score (nSPS) is 14.3. The largest absolute Gasteiger partial charge is 0.277 e. The number of aromatic nitrogens is 2. The highest BCUT2D eigenvalue weighted by atomic mass is 15.1. The summed E-state index contributed by atoms with van der Waals surface area (Å²) in [7, 11) is 0. The molecule has 2 aromatic rings. The first kappa shape index (κ1) is 10.6. The number of aromatic amines is 1. The molecule has 0 radical (unpaired) electrons. The van der Waals surface area contributed by atoms with Crippen LogP contribution < -0.4 is 0 Å². The van der Waals surface area contributed by atoms with Crippen molar-refractivity contribution >= 4 is 0 Å². The maximum absolute atomic E-state index is 4.54. The van der Waals surface area contributed by atoms with Crippen LogP contribution in [0.5, 0.6) is 0 Å². The topological polar surface area (TPSA) is 28.7 Å². The molecule has 3 rings (SSSR count). The number of benzene rings is 1. The van der Waals surface area contributed by atoms with Gasteiger partial charge in [0, 0.05) is 16.5 Å². The Kier molecular flexibility index (Phi) is 2.15. The lowest BCUT2D eigenvalue weighted by Crippen LogP contribution is -2.15. The van der Waals surface area contributed by atoms with Gasteiger partial charge in [-0.15, -0.1) is 0 Å². The summed E-state index contributed by atoms with van der Waals surface area (Å²) in [5.74, 6) is 0. The molecular formula is C15H18N2. The van der Waals surface area contributed by atoms with E-state index in [1.165, 1.54) is 28.1 Å². The standard InChI is InChI=1S/C15H18N2/c1-15(2,3)14-12-9-8-10-6-4-5-7-11(10)13(12)16-17-14/h4-7H,8-9H2,1-3H3,(H,16,17). The molecule has 0 amide bonds. The first-order valence-corrected chi connectivity index (χ1v) is 6.23. The van der Waals surface area contributed by atoms with Gasteiger partial charge in [0.2, 0.25) is 0 Å². The van der Waals surface area contributed by atoms with Gasteiger partial charge in [0.1, 0.15) is 0 Å². The van der Waals surface area contributed by atoms with Crippen LogP contribution in [0, 0.1) is 0 Å². The van der Waals surface area contributed by atoms with E-state index in [-0.39, 0.29) is 5.41 Å². The lowest BCUT2D eigenvalue weighted by atomic mass is 9.82. The van der Waals surface area contributed by atoms with Crippen molar-refractivity contribution in [3.8, 4) is 11.3 Å². The Hall–Kier alpha value is -1.57. The second-order valence-electron chi connectivity index (χ2n) is 5.83. The van der Waals surface area contributed by atoms with Gasteiger partial charge in [-0.25, -0.2) is 0 Å². The lowest BCUT2D eigenvalue weighted by Gasteiger charge is -2.21. The van der Waals surface area contributed by atoms with Crippen LogP contribution in [0.4, 0.5) is 0 Å². The molecule has 0 atom stereocenters. The third kappa shape index (κ3) is 1.59. The Bertz CT molecular complexity index is 559. The second kappa shape index (κ2) is 3.46. The van der Waals surface area contributed by atoms with E-state index in [4.69, 9.17) is 0 Å². The molecule has 0 saturated heterocycles. The molecule has 1 N–H and O–H groups in total. The molecule has 1 aliphatic rings. The minimum absolute atomic E-state index is 0.121. The number of H-pyrrole nitrogens is 1. The minimum atomic E-state index is 0.121. The van der Waals surface area contributed by atoms with Gasteiger partial charge >= 0.3 is 0 Å². The van der Waals surface area contributed by atoms with Gasteiger partial charge in [0.05, 0.1) is 11.4 Å². The molecule has 17 heavy (non-hydrogen) atoms. The van der Waals surface area contributed by atoms with E-state index in [1.54, 1.807) is 0 Å². The van der Waals surface area contributed by atoms with Crippen LogP contribution >= 0.6 is 0 Å². The van der Waals surface area contributed by atoms with Crippen molar-refractivity contribution in [1.82, 2.24) is 10.2 Å². The highest BCUT2D eigenvalue weighted by Gasteiger charge is 2.27. The fraction of sp³-hybridized carbons (Fsp3) is 0.400. The van der Waals surface area contributed by atoms with E-state index >= 15 is 0 Å². The van der Waals surface area contributed by atoms with Gasteiger partial charge in [-0.1, -0.05) is 45.0 Å². The summed E-state index contributed by atoms with van der Waals surface area (Å²) in [6.45, 7) is 6.68. The fourth-order valence-electron chi connectivity index (χ4n) is 2.69. The summed E-state index contributed by atoms with van der Waals surface area (Å²) in [6, 6.07) is 8.63. The van der Waals surface area contributed by atoms with E-state index in [0.717, 1.165) is 12.8 Å². The Morgan fingerprint density at radius 3 is 2.65 bits per heavy atom. The summed E-state index contributed by atoms with van der Waals surface area (Å²) in [5, 5.41) is 7.78. The maximum atomic E-state index is 4.54. The summed E-state index contributed by atoms with van der Waals surface area (Å²) in [4.78, 5) is 0. The van der Waals surface area contributed by atoms with Crippen LogP contribution in [-0.4, -0.2) is 10.2 Å². The van der Waals surface area contributed by atoms with Crippen molar-refractivity contribution in [3.63, 3.8) is 0 Å². The molecule has 88 valence electrons. The van der Waals surface area contributed by atoms with Gasteiger partial charge in [0.25, 0.3) is 0 Å². The van der Waals surface area contributed by atoms with Crippen LogP contribution in [0.15, 0.2) is 24.3 Å². The first-order valence-electron chi connectivity index (χ1n) is 6.23. The van der Waals surface area contributed by atoms with Crippen molar-refractivity contribution in [1.29, 1.82) is 0 Å². The van der Waals surface area contributed by atoms with Crippen LogP contribution in [-0.2, 0) is 18.3 Å². The average Bonchev–Trinajstić information content (AvgIpc) is 2.72. The molecule has 2 heteroatoms. The zero-order chi connectivity index (χ0) is 12.0. The van der Waals surface area contributed by atoms with Crippen molar-refractivity contribution in [2.75, 3.05) is 0 Å². The Morgan fingerprint density at radius 2 is 1.88 bits per heavy atom. The second-order valence-corrected chi connectivity index (χ2v) is 5.83. The smallest absolute Gasteiger partial charge is 0.0714 e. The Morgan fingerprint density at radius 1 is 1.12 bits per heavy atom. The molecule has 2 nitrogen and oxygen atoms in total. The Balaban J connectivity index is 2.20. The van der Waals surface area contributed by atoms with Gasteiger partial charge in [-0.3, -0.25) is 5.10 Å². The molecule has 0 unspecified atom stereocenters. The zero-order valence-corrected chi connectivity index (χ0v) is 10.7. The summed E-state index contributed by atoms with van der Waals surface area (Å²) < 4.78 is 0. The molecule has 1 aromatic carbocycles. The summed E-state index contributed by atoms with van der Waals surface area (Å²) >= 11 is 0. The van der Waals surface area contributed by atoms with Crippen molar-refractivity contribution in [2.45, 2.75) is 39.0 Å². The monoisotopic (exact) mass is 226 g/mol. The molecule has 1 aromatic heterocycles. The SMILES string of the molecule is CC(C)(C)c1n[nH]c2c1CCc1ccccc1-2. The van der Waals surface area contributed by atoms with Gasteiger partial charge in [0.15, 0.2) is 0 Å². The number of nitrogens with zero attached hydrogens (tertiary/aromatic N) is 1. The third-order valence-corrected chi connectivity index (χ3v) is 3.51. The number of hydrogen-bond donors (Lipinski definition) is 1. The van der Waals surface area contributed by atoms with Gasteiger partial charge < -0.3 is 0 Å². The van der Waals surface area contributed by atoms with E-state index in [2.05, 4.69) is 55.2 Å². The van der Waals surface area contributed by atoms with Crippen LogP contribution in [0.2, 0.25) is 0 Å². The minimum Gasteiger partial charge on any atom is -0.277 e. The number of fused-ring (bicyclic) bond motifs is 3. The molecule has 0 aliphatic heterocycles. The number of rotatable bonds is 0. The van der Waals surface area contributed by atoms with E-state index < -0.39 is 0 Å². The third-order valence-electron chi connectivity index (χ3n) is 3.51. The zero-order valence-electron chi connectivity index (χ0n) is 10.7. The first-order chi connectivity index (χ1) is 8.07. The summed E-state index contributed by atoms with van der Waals surface area (Å²) in [5.41, 5.74) is 6.76. The van der Waals surface area contributed by atoms with Gasteiger partial charge in [-0.05, 0) is 18.4 Å². The Labute approximate surface area is 102 Å². The predicted octanol–water partition coefficient (Wildman–Crippen LogP) is 3.47. The number of nitrogens with one attached hydrogen (secondary N) is 1. The lowest BCUT2D eigenvalue weighted by molar-refractivity contribution is 0.559. The summed E-state index contributed by atoms with van der Waals surface area (Å²) in [6.07, 6.45) is 2.24. The fourth-order valence-corrected chi connectivity index (χ4v) is 2.69. The highest BCUT2D eigenvalue weighted by molar-refractivity contribution is 5.70.